The van der Waals surface area contributed by atoms with Crippen molar-refractivity contribution < 1.29 is 4.79 Å². The summed E-state index contributed by atoms with van der Waals surface area (Å²) in [7, 11) is 0. The molecule has 0 heterocycles. The summed E-state index contributed by atoms with van der Waals surface area (Å²) in [5.74, 6) is 1.16. The smallest absolute Gasteiger partial charge is 0.227 e. The first kappa shape index (κ1) is 17.5. The first-order valence-corrected chi connectivity index (χ1v) is 8.14. The third-order valence-electron chi connectivity index (χ3n) is 2.53. The SMILES string of the molecule is CCCCC/C=C\CCCNCCSCC(N)=O. The van der Waals surface area contributed by atoms with Crippen LogP contribution < -0.4 is 11.1 Å². The number of unbranched alkanes of at least 4 members (excludes halogenated alkanes) is 4. The van der Waals surface area contributed by atoms with Crippen LogP contribution in [0.15, 0.2) is 12.2 Å². The standard InChI is InChI=1S/C14H28N2OS/c1-2-3-4-5-6-7-8-9-10-16-11-12-18-13-14(15)17/h6-7,16H,2-5,8-13H2,1H3,(H2,15,17)/b7-6-. The number of nitrogens with one attached hydrogen (secondary N) is 1. The Morgan fingerprint density at radius 1 is 1.17 bits per heavy atom. The average Bonchev–Trinajstić information content (AvgIpc) is 2.34. The van der Waals surface area contributed by atoms with Crippen LogP contribution in [0.5, 0.6) is 0 Å². The number of amides is 1. The molecule has 0 fully saturated rings. The Morgan fingerprint density at radius 3 is 2.56 bits per heavy atom. The Morgan fingerprint density at radius 2 is 1.89 bits per heavy atom. The van der Waals surface area contributed by atoms with Gasteiger partial charge in [-0.25, -0.2) is 0 Å². The van der Waals surface area contributed by atoms with E-state index in [1.165, 1.54) is 32.1 Å². The Kier molecular flexibility index (Phi) is 14.2. The van der Waals surface area contributed by atoms with E-state index in [4.69, 9.17) is 5.73 Å². The zero-order valence-electron chi connectivity index (χ0n) is 11.6. The molecule has 3 nitrogen and oxygen atoms in total. The van der Waals surface area contributed by atoms with E-state index in [9.17, 15) is 4.79 Å². The van der Waals surface area contributed by atoms with E-state index < -0.39 is 0 Å². The number of carbonyl (C=O) groups excluding carboxylic acids is 1. The summed E-state index contributed by atoms with van der Waals surface area (Å²) in [6, 6.07) is 0. The van der Waals surface area contributed by atoms with Crippen LogP contribution in [0.2, 0.25) is 0 Å². The first-order valence-electron chi connectivity index (χ1n) is 6.99. The van der Waals surface area contributed by atoms with Crippen LogP contribution in [0.25, 0.3) is 0 Å². The summed E-state index contributed by atoms with van der Waals surface area (Å²) in [4.78, 5) is 10.5. The van der Waals surface area contributed by atoms with Crippen molar-refractivity contribution in [3.05, 3.63) is 12.2 Å². The van der Waals surface area contributed by atoms with E-state index in [1.54, 1.807) is 11.8 Å². The largest absolute Gasteiger partial charge is 0.369 e. The summed E-state index contributed by atoms with van der Waals surface area (Å²) in [5.41, 5.74) is 5.04. The van der Waals surface area contributed by atoms with Crippen LogP contribution in [0.1, 0.15) is 45.4 Å². The van der Waals surface area contributed by atoms with Gasteiger partial charge in [-0.1, -0.05) is 31.9 Å². The van der Waals surface area contributed by atoms with Crippen LogP contribution in [0, 0.1) is 0 Å². The molecule has 0 unspecified atom stereocenters. The van der Waals surface area contributed by atoms with Gasteiger partial charge in [-0.05, 0) is 32.2 Å². The van der Waals surface area contributed by atoms with E-state index >= 15 is 0 Å². The quantitative estimate of drug-likeness (QED) is 0.400. The van der Waals surface area contributed by atoms with Crippen molar-refractivity contribution in [3.8, 4) is 0 Å². The van der Waals surface area contributed by atoms with Gasteiger partial charge in [-0.3, -0.25) is 4.79 Å². The number of hydrogen-bond acceptors (Lipinski definition) is 3. The molecule has 0 saturated carbocycles. The lowest BCUT2D eigenvalue weighted by Crippen LogP contribution is -2.20. The molecule has 0 aliphatic rings. The molecule has 0 aromatic heterocycles. The first-order chi connectivity index (χ1) is 8.77. The second kappa shape index (κ2) is 14.6. The lowest BCUT2D eigenvalue weighted by molar-refractivity contribution is -0.115. The number of allylic oxidation sites excluding steroid dienone is 2. The van der Waals surface area contributed by atoms with Gasteiger partial charge < -0.3 is 11.1 Å². The van der Waals surface area contributed by atoms with E-state index in [0.29, 0.717) is 5.75 Å². The number of rotatable bonds is 13. The molecule has 0 aromatic carbocycles. The summed E-state index contributed by atoms with van der Waals surface area (Å²) in [6.07, 6.45) is 12.1. The number of hydrogen-bond donors (Lipinski definition) is 2. The molecule has 0 spiro atoms. The molecular formula is C14H28N2OS. The van der Waals surface area contributed by atoms with Gasteiger partial charge in [0.1, 0.15) is 0 Å². The summed E-state index contributed by atoms with van der Waals surface area (Å²) < 4.78 is 0. The number of thioether (sulfide) groups is 1. The second-order valence-corrected chi connectivity index (χ2v) is 5.48. The van der Waals surface area contributed by atoms with E-state index in [2.05, 4.69) is 24.4 Å². The molecule has 0 saturated heterocycles. The fourth-order valence-corrected chi connectivity index (χ4v) is 2.17. The zero-order chi connectivity index (χ0) is 13.5. The molecule has 4 heteroatoms. The van der Waals surface area contributed by atoms with Crippen LogP contribution in [0.4, 0.5) is 0 Å². The van der Waals surface area contributed by atoms with Gasteiger partial charge >= 0.3 is 0 Å². The Hall–Kier alpha value is -0.480. The summed E-state index contributed by atoms with van der Waals surface area (Å²) in [5, 5.41) is 3.36. The van der Waals surface area contributed by atoms with Gasteiger partial charge in [0.05, 0.1) is 5.75 Å². The number of nitrogens with two attached hydrogens (primary N) is 1. The van der Waals surface area contributed by atoms with Gasteiger partial charge in [0.2, 0.25) is 5.91 Å². The van der Waals surface area contributed by atoms with Gasteiger partial charge in [-0.2, -0.15) is 11.8 Å². The molecule has 0 rings (SSSR count). The van der Waals surface area contributed by atoms with Crippen LogP contribution >= 0.6 is 11.8 Å². The highest BCUT2D eigenvalue weighted by Gasteiger charge is 1.93. The third kappa shape index (κ3) is 15.5. The Bertz CT molecular complexity index is 220. The van der Waals surface area contributed by atoms with Crippen LogP contribution in [-0.4, -0.2) is 30.5 Å². The molecular weight excluding hydrogens is 244 g/mol. The van der Waals surface area contributed by atoms with Gasteiger partial charge in [0.15, 0.2) is 0 Å². The normalized spacial score (nSPS) is 11.2. The molecule has 1 amide bonds. The zero-order valence-corrected chi connectivity index (χ0v) is 12.4. The van der Waals surface area contributed by atoms with Crippen molar-refractivity contribution in [1.29, 1.82) is 0 Å². The minimum Gasteiger partial charge on any atom is -0.369 e. The molecule has 0 atom stereocenters. The highest BCUT2D eigenvalue weighted by Crippen LogP contribution is 2.01. The topological polar surface area (TPSA) is 55.1 Å². The van der Waals surface area contributed by atoms with Crippen LogP contribution in [-0.2, 0) is 4.79 Å². The maximum atomic E-state index is 10.5. The monoisotopic (exact) mass is 272 g/mol. The minimum atomic E-state index is -0.229. The van der Waals surface area contributed by atoms with E-state index in [-0.39, 0.29) is 5.91 Å². The number of carbonyl (C=O) groups is 1. The Labute approximate surface area is 116 Å². The highest BCUT2D eigenvalue weighted by atomic mass is 32.2. The highest BCUT2D eigenvalue weighted by molar-refractivity contribution is 7.99. The van der Waals surface area contributed by atoms with E-state index in [1.807, 2.05) is 0 Å². The van der Waals surface area contributed by atoms with Crippen molar-refractivity contribution in [2.24, 2.45) is 5.73 Å². The van der Waals surface area contributed by atoms with Crippen molar-refractivity contribution in [3.63, 3.8) is 0 Å². The average molecular weight is 272 g/mol. The molecule has 0 aliphatic heterocycles. The summed E-state index contributed by atoms with van der Waals surface area (Å²) >= 11 is 1.59. The lowest BCUT2D eigenvalue weighted by Gasteiger charge is -2.02. The molecule has 18 heavy (non-hydrogen) atoms. The predicted octanol–water partition coefficient (Wildman–Crippen LogP) is 2.71. The molecule has 3 N–H and O–H groups in total. The van der Waals surface area contributed by atoms with Crippen molar-refractivity contribution in [2.45, 2.75) is 45.4 Å². The predicted molar refractivity (Wildman–Crippen MR) is 81.9 cm³/mol. The molecule has 106 valence electrons. The number of primary amides is 1. The molecule has 0 aromatic rings. The minimum absolute atomic E-state index is 0.229. The molecule has 0 aliphatic carbocycles. The summed E-state index contributed by atoms with van der Waals surface area (Å²) in [6.45, 7) is 4.24. The van der Waals surface area contributed by atoms with Crippen molar-refractivity contribution in [2.75, 3.05) is 24.6 Å². The fraction of sp³-hybridized carbons (Fsp3) is 0.786. The maximum absolute atomic E-state index is 10.5. The van der Waals surface area contributed by atoms with Gasteiger partial charge in [0, 0.05) is 12.3 Å². The van der Waals surface area contributed by atoms with Crippen molar-refractivity contribution in [1.82, 2.24) is 5.32 Å². The molecule has 0 bridgehead atoms. The Balaban J connectivity index is 3.04. The lowest BCUT2D eigenvalue weighted by atomic mass is 10.2. The fourth-order valence-electron chi connectivity index (χ4n) is 1.53. The van der Waals surface area contributed by atoms with Crippen molar-refractivity contribution >= 4 is 17.7 Å². The van der Waals surface area contributed by atoms with Gasteiger partial charge in [-0.15, -0.1) is 0 Å². The van der Waals surface area contributed by atoms with E-state index in [0.717, 1.165) is 25.3 Å². The second-order valence-electron chi connectivity index (χ2n) is 4.38. The molecule has 0 radical (unpaired) electrons. The third-order valence-corrected chi connectivity index (χ3v) is 3.51. The van der Waals surface area contributed by atoms with Gasteiger partial charge in [0.25, 0.3) is 0 Å². The van der Waals surface area contributed by atoms with Crippen LogP contribution in [0.3, 0.4) is 0 Å². The maximum Gasteiger partial charge on any atom is 0.227 e.